The maximum absolute atomic E-state index is 14.9. The fraction of sp³-hybridized carbons (Fsp3) is 0.474. The van der Waals surface area contributed by atoms with Crippen LogP contribution in [0.4, 0.5) is 34.1 Å². The summed E-state index contributed by atoms with van der Waals surface area (Å²) < 4.78 is 67.6. The van der Waals surface area contributed by atoms with Crippen molar-refractivity contribution in [1.29, 1.82) is 0 Å². The number of rotatable bonds is 7. The predicted molar refractivity (Wildman–Crippen MR) is 113 cm³/mol. The van der Waals surface area contributed by atoms with Crippen molar-refractivity contribution in [3.8, 4) is 0 Å². The van der Waals surface area contributed by atoms with Gasteiger partial charge in [0.1, 0.15) is 11.1 Å². The molecule has 0 unspecified atom stereocenters. The van der Waals surface area contributed by atoms with E-state index in [0.29, 0.717) is 0 Å². The summed E-state index contributed by atoms with van der Waals surface area (Å²) in [5.41, 5.74) is 0.379. The third-order valence-electron chi connectivity index (χ3n) is 4.77. The smallest absolute Gasteiger partial charge is 0.441 e. The van der Waals surface area contributed by atoms with Gasteiger partial charge >= 0.3 is 12.5 Å². The first-order valence-corrected chi connectivity index (χ1v) is 10.7. The normalized spacial score (nSPS) is 20.5. The number of amides is 1. The van der Waals surface area contributed by atoms with Crippen LogP contribution in [-0.2, 0) is 20.8 Å². The van der Waals surface area contributed by atoms with Crippen LogP contribution in [-0.4, -0.2) is 61.9 Å². The van der Waals surface area contributed by atoms with Gasteiger partial charge in [0.25, 0.3) is 0 Å². The highest BCUT2D eigenvalue weighted by Crippen LogP contribution is 2.33. The highest BCUT2D eigenvalue weighted by molar-refractivity contribution is 6.33. The van der Waals surface area contributed by atoms with Gasteiger partial charge in [0.05, 0.1) is 30.8 Å². The minimum absolute atomic E-state index is 0.0323. The molecule has 0 aromatic carbocycles. The molecule has 3 aromatic rings. The summed E-state index contributed by atoms with van der Waals surface area (Å²) in [6, 6.07) is 1.29. The van der Waals surface area contributed by atoms with Gasteiger partial charge in [0.15, 0.2) is 23.7 Å². The van der Waals surface area contributed by atoms with E-state index in [0.717, 1.165) is 0 Å². The Hall–Kier alpha value is -3.17. The Labute approximate surface area is 200 Å². The van der Waals surface area contributed by atoms with Crippen LogP contribution in [0.25, 0.3) is 5.65 Å². The van der Waals surface area contributed by atoms with Gasteiger partial charge < -0.3 is 20.1 Å². The summed E-state index contributed by atoms with van der Waals surface area (Å²) in [6.07, 6.45) is -6.84. The Bertz CT molecular complexity index is 1200. The number of hydrogen-bond acceptors (Lipinski definition) is 8. The molecule has 35 heavy (non-hydrogen) atoms. The van der Waals surface area contributed by atoms with Crippen LogP contribution in [0.1, 0.15) is 31.3 Å². The summed E-state index contributed by atoms with van der Waals surface area (Å²) in [4.78, 5) is 19.9. The summed E-state index contributed by atoms with van der Waals surface area (Å²) in [5, 5.41) is 12.2. The number of ether oxygens (including phenoxy) is 3. The van der Waals surface area contributed by atoms with Crippen LogP contribution >= 0.6 is 11.6 Å². The second-order valence-corrected chi connectivity index (χ2v) is 8.27. The number of fused-ring (bicyclic) bond motifs is 1. The molecule has 4 rings (SSSR count). The van der Waals surface area contributed by atoms with E-state index >= 15 is 0 Å². The molecule has 3 aromatic heterocycles. The number of aromatic amines is 1. The number of H-pyrrole nitrogens is 1. The zero-order valence-corrected chi connectivity index (χ0v) is 19.0. The van der Waals surface area contributed by atoms with Gasteiger partial charge in [-0.05, 0) is 13.8 Å². The number of nitrogens with one attached hydrogen (secondary N) is 3. The molecule has 0 saturated carbocycles. The maximum atomic E-state index is 14.9. The summed E-state index contributed by atoms with van der Waals surface area (Å²) >= 11 is 6.06. The van der Waals surface area contributed by atoms with Crippen molar-refractivity contribution in [2.45, 2.75) is 51.2 Å². The van der Waals surface area contributed by atoms with Crippen molar-refractivity contribution in [2.75, 3.05) is 11.9 Å². The Morgan fingerprint density at radius 3 is 2.91 bits per heavy atom. The molecule has 0 radical (unpaired) electrons. The average molecular weight is 522 g/mol. The quantitative estimate of drug-likeness (QED) is 0.401. The van der Waals surface area contributed by atoms with Crippen molar-refractivity contribution in [2.24, 2.45) is 0 Å². The second-order valence-electron chi connectivity index (χ2n) is 7.86. The first kappa shape index (κ1) is 24.9. The average Bonchev–Trinajstić information content (AvgIpc) is 3.47. The third-order valence-corrected chi connectivity index (χ3v) is 5.04. The Balaban J connectivity index is 1.46. The fourth-order valence-corrected chi connectivity index (χ4v) is 3.50. The standard InChI is InChI=1S/C19H20ClF4N7O4/c1-8(2)26-18(32)35-12-7-33-15(14(12)21)11-3-13(30-29-11)28-17-25-4-10(20)16-27-9(5-31(16)17)6-34-19(22,23)24/h3-5,8,12,14-15H,6-7H2,1-2H3,(H,26,32)(H2,25,28,29,30)/t12-,14+,15-/m0/s1. The van der Waals surface area contributed by atoms with E-state index in [-0.39, 0.29) is 46.5 Å². The van der Waals surface area contributed by atoms with Crippen molar-refractivity contribution in [1.82, 2.24) is 29.9 Å². The molecule has 0 aliphatic carbocycles. The number of imidazole rings is 1. The van der Waals surface area contributed by atoms with Gasteiger partial charge in [0.2, 0.25) is 5.95 Å². The SMILES string of the molecule is CC(C)NC(=O)O[C@H]1CO[C@@H](c2cc(Nc3ncc(Cl)c4nc(COC(F)(F)F)cn34)n[nH]2)[C@@H]1F. The second kappa shape index (κ2) is 9.83. The topological polar surface area (TPSA) is 128 Å². The minimum Gasteiger partial charge on any atom is -0.441 e. The zero-order chi connectivity index (χ0) is 25.3. The van der Waals surface area contributed by atoms with Crippen LogP contribution in [0.5, 0.6) is 0 Å². The van der Waals surface area contributed by atoms with Crippen molar-refractivity contribution in [3.05, 3.63) is 34.9 Å². The summed E-state index contributed by atoms with van der Waals surface area (Å²) in [6.45, 7) is 2.52. The lowest BCUT2D eigenvalue weighted by Gasteiger charge is -2.16. The van der Waals surface area contributed by atoms with E-state index in [2.05, 4.69) is 35.5 Å². The molecule has 16 heteroatoms. The Morgan fingerprint density at radius 2 is 2.20 bits per heavy atom. The molecule has 190 valence electrons. The van der Waals surface area contributed by atoms with Gasteiger partial charge in [-0.1, -0.05) is 11.6 Å². The molecular formula is C19H20ClF4N7O4. The molecule has 11 nitrogen and oxygen atoms in total. The van der Waals surface area contributed by atoms with Crippen LogP contribution in [0.3, 0.4) is 0 Å². The van der Waals surface area contributed by atoms with Crippen LogP contribution in [0.2, 0.25) is 5.02 Å². The van der Waals surface area contributed by atoms with E-state index in [1.165, 1.54) is 22.9 Å². The van der Waals surface area contributed by atoms with Crippen molar-refractivity contribution >= 4 is 35.1 Å². The van der Waals surface area contributed by atoms with E-state index in [1.807, 2.05) is 0 Å². The van der Waals surface area contributed by atoms with Gasteiger partial charge in [0, 0.05) is 18.3 Å². The predicted octanol–water partition coefficient (Wildman–Crippen LogP) is 3.80. The number of carbonyl (C=O) groups is 1. The lowest BCUT2D eigenvalue weighted by molar-refractivity contribution is -0.330. The lowest BCUT2D eigenvalue weighted by atomic mass is 10.1. The molecule has 0 spiro atoms. The highest BCUT2D eigenvalue weighted by atomic mass is 35.5. The molecule has 1 aliphatic heterocycles. The Kier molecular flexibility index (Phi) is 7.00. The van der Waals surface area contributed by atoms with E-state index in [4.69, 9.17) is 21.1 Å². The minimum atomic E-state index is -4.82. The molecular weight excluding hydrogens is 502 g/mol. The van der Waals surface area contributed by atoms with Gasteiger partial charge in [-0.3, -0.25) is 14.2 Å². The fourth-order valence-electron chi connectivity index (χ4n) is 3.32. The lowest BCUT2D eigenvalue weighted by Crippen LogP contribution is -2.36. The van der Waals surface area contributed by atoms with E-state index < -0.39 is 37.4 Å². The first-order valence-electron chi connectivity index (χ1n) is 10.3. The molecule has 1 saturated heterocycles. The van der Waals surface area contributed by atoms with Crippen molar-refractivity contribution in [3.63, 3.8) is 0 Å². The number of hydrogen-bond donors (Lipinski definition) is 3. The highest BCUT2D eigenvalue weighted by Gasteiger charge is 2.42. The Morgan fingerprint density at radius 1 is 1.43 bits per heavy atom. The monoisotopic (exact) mass is 521 g/mol. The zero-order valence-electron chi connectivity index (χ0n) is 18.3. The number of anilines is 2. The first-order chi connectivity index (χ1) is 16.5. The largest absolute Gasteiger partial charge is 0.522 e. The molecule has 1 fully saturated rings. The van der Waals surface area contributed by atoms with Crippen LogP contribution in [0.15, 0.2) is 18.5 Å². The van der Waals surface area contributed by atoms with Crippen molar-refractivity contribution < 1.29 is 36.6 Å². The van der Waals surface area contributed by atoms with Gasteiger partial charge in [-0.15, -0.1) is 13.2 Å². The van der Waals surface area contributed by atoms with Crippen LogP contribution in [0, 0.1) is 0 Å². The number of alkyl halides is 4. The molecule has 4 heterocycles. The van der Waals surface area contributed by atoms with Crippen LogP contribution < -0.4 is 10.6 Å². The molecule has 3 atom stereocenters. The number of carbonyl (C=O) groups excluding carboxylic acids is 1. The molecule has 0 bridgehead atoms. The molecule has 1 aliphatic rings. The number of nitrogens with zero attached hydrogens (tertiary/aromatic N) is 4. The summed E-state index contributed by atoms with van der Waals surface area (Å²) in [7, 11) is 0. The maximum Gasteiger partial charge on any atom is 0.522 e. The molecule has 1 amide bonds. The number of aromatic nitrogens is 5. The molecule has 3 N–H and O–H groups in total. The number of halogens is 5. The summed E-state index contributed by atoms with van der Waals surface area (Å²) in [5.74, 6) is 0.333. The third kappa shape index (κ3) is 5.91. The number of alkyl carbamates (subject to hydrolysis) is 1. The van der Waals surface area contributed by atoms with E-state index in [9.17, 15) is 22.4 Å². The van der Waals surface area contributed by atoms with Gasteiger partial charge in [-0.2, -0.15) is 5.10 Å². The van der Waals surface area contributed by atoms with E-state index in [1.54, 1.807) is 13.8 Å². The van der Waals surface area contributed by atoms with Gasteiger partial charge in [-0.25, -0.2) is 19.2 Å².